The van der Waals surface area contributed by atoms with Crippen molar-refractivity contribution in [2.75, 3.05) is 0 Å². The third-order valence-corrected chi connectivity index (χ3v) is 14.1. The molecule has 0 aliphatic heterocycles. The smallest absolute Gasteiger partial charge is 0.264 e. The molecule has 0 aromatic rings. The summed E-state index contributed by atoms with van der Waals surface area (Å²) in [5.74, 6) is 1.12. The molecule has 4 aliphatic rings. The van der Waals surface area contributed by atoms with Crippen molar-refractivity contribution in [2.24, 2.45) is 57.7 Å². The second kappa shape index (κ2) is 12.2. The van der Waals surface area contributed by atoms with Crippen LogP contribution in [0.5, 0.6) is 0 Å². The highest BCUT2D eigenvalue weighted by molar-refractivity contribution is 7.81. The van der Waals surface area contributed by atoms with Crippen LogP contribution in [0.25, 0.3) is 0 Å². The predicted molar refractivity (Wildman–Crippen MR) is 162 cm³/mol. The fourth-order valence-electron chi connectivity index (χ4n) is 10.2. The van der Waals surface area contributed by atoms with Crippen molar-refractivity contribution < 1.29 is 51.5 Å². The number of hydrogen-bond acceptors (Lipinski definition) is 9. The first kappa shape index (κ1) is 36.4. The predicted octanol–water partition coefficient (Wildman–Crippen LogP) is 5.53. The lowest BCUT2D eigenvalue weighted by atomic mass is 9.43. The van der Waals surface area contributed by atoms with Gasteiger partial charge in [-0.1, -0.05) is 54.9 Å². The minimum absolute atomic E-state index is 0.00197. The Balaban J connectivity index is 1.66. The Morgan fingerprint density at radius 2 is 1.23 bits per heavy atom. The van der Waals surface area contributed by atoms with E-state index in [1.54, 1.807) is 0 Å². The van der Waals surface area contributed by atoms with Gasteiger partial charge in [0.05, 0.1) is 6.10 Å². The number of fused-ring (bicyclic) bond motifs is 5. The Kier molecular flexibility index (Phi) is 10.1. The summed E-state index contributed by atoms with van der Waals surface area (Å²) < 4.78 is 115. The van der Waals surface area contributed by atoms with Crippen molar-refractivity contribution in [2.45, 2.75) is 125 Å². The largest absolute Gasteiger partial charge is 0.397 e. The molecule has 0 aromatic heterocycles. The Labute approximate surface area is 264 Å². The second-order valence-electron chi connectivity index (χ2n) is 15.9. The zero-order chi connectivity index (χ0) is 33.3. The molecule has 44 heavy (non-hydrogen) atoms. The summed E-state index contributed by atoms with van der Waals surface area (Å²) in [6.07, 6.45) is 1.92. The summed E-state index contributed by atoms with van der Waals surface area (Å²) >= 11 is 0. The molecule has 4 aliphatic carbocycles. The Morgan fingerprint density at radius 1 is 0.705 bits per heavy atom. The quantitative estimate of drug-likeness (QED) is 0.244. The average Bonchev–Trinajstić information content (AvgIpc) is 3.17. The van der Waals surface area contributed by atoms with E-state index in [2.05, 4.69) is 41.5 Å². The molecule has 0 aromatic carbocycles. The third-order valence-electron chi connectivity index (χ3n) is 12.7. The summed E-state index contributed by atoms with van der Waals surface area (Å²) in [5, 5.41) is 0. The van der Waals surface area contributed by atoms with Gasteiger partial charge in [0.1, 0.15) is 12.2 Å². The van der Waals surface area contributed by atoms with Crippen LogP contribution in [-0.4, -0.2) is 57.2 Å². The minimum atomic E-state index is -5.06. The lowest BCUT2D eigenvalue weighted by Gasteiger charge is -2.63. The van der Waals surface area contributed by atoms with E-state index >= 15 is 0 Å². The normalized spacial score (nSPS) is 41.3. The van der Waals surface area contributed by atoms with Gasteiger partial charge in [-0.2, -0.15) is 25.3 Å². The molecule has 0 spiro atoms. The summed E-state index contributed by atoms with van der Waals surface area (Å²) in [5.41, 5.74) is -0.578. The Hall–Kier alpha value is -0.390. The van der Waals surface area contributed by atoms with Gasteiger partial charge >= 0.3 is 31.2 Å². The van der Waals surface area contributed by atoms with E-state index in [0.717, 1.165) is 38.5 Å². The standard InChI is InChI=1S/C29H52O12S3/c1-17(8-9-18(2)27(3,4)5)20-10-11-21-19-14-24(39-42(30,31)32)23-15-25(40-43(33,34)35)26(41-44(36,37)38)16-29(23,7)22(19)12-13-28(20,21)6/h17-26H,8-16H2,1-7H3,(H,30,31,32)(H,33,34,35)(H,36,37,38)/t17?,18?,19?,20?,21?,22?,23?,24-,25-,26?,28?,29?/m0/s1. The molecule has 4 rings (SSSR count). The summed E-state index contributed by atoms with van der Waals surface area (Å²) in [7, 11) is -15.0. The Bertz CT molecular complexity index is 1370. The molecular formula is C29H52O12S3. The SMILES string of the molecule is CC(CCC(C)C(C)(C)C)C1CCC2C3C[C@H](OS(=O)(=O)O)C4C[C@H](OS(=O)(=O)O)C(OS(=O)(=O)O)CC4(C)C3CCC12C. The van der Waals surface area contributed by atoms with Crippen molar-refractivity contribution in [3.05, 3.63) is 0 Å². The van der Waals surface area contributed by atoms with Gasteiger partial charge in [-0.15, -0.1) is 0 Å². The van der Waals surface area contributed by atoms with Crippen LogP contribution >= 0.6 is 0 Å². The van der Waals surface area contributed by atoms with Crippen LogP contribution < -0.4 is 0 Å². The first-order valence-corrected chi connectivity index (χ1v) is 19.9. The lowest BCUT2D eigenvalue weighted by Crippen LogP contribution is -2.62. The first-order valence-electron chi connectivity index (χ1n) is 15.8. The molecule has 0 bridgehead atoms. The molecule has 0 amide bonds. The van der Waals surface area contributed by atoms with Gasteiger partial charge in [0, 0.05) is 0 Å². The van der Waals surface area contributed by atoms with Crippen LogP contribution in [-0.2, 0) is 43.7 Å². The maximum atomic E-state index is 12.1. The van der Waals surface area contributed by atoms with Crippen molar-refractivity contribution in [3.8, 4) is 0 Å². The van der Waals surface area contributed by atoms with Crippen LogP contribution in [0, 0.1) is 57.7 Å². The second-order valence-corrected chi connectivity index (χ2v) is 19.0. The lowest BCUT2D eigenvalue weighted by molar-refractivity contribution is -0.184. The molecule has 0 saturated heterocycles. The number of rotatable bonds is 10. The molecule has 258 valence electrons. The molecule has 12 nitrogen and oxygen atoms in total. The van der Waals surface area contributed by atoms with Gasteiger partial charge < -0.3 is 0 Å². The molecule has 0 heterocycles. The number of hydrogen-bond donors (Lipinski definition) is 3. The van der Waals surface area contributed by atoms with Gasteiger partial charge in [0.15, 0.2) is 0 Å². The molecular weight excluding hydrogens is 637 g/mol. The van der Waals surface area contributed by atoms with E-state index in [0.29, 0.717) is 24.2 Å². The van der Waals surface area contributed by atoms with Gasteiger partial charge in [-0.05, 0) is 109 Å². The van der Waals surface area contributed by atoms with E-state index in [4.69, 9.17) is 12.5 Å². The fourth-order valence-corrected chi connectivity index (χ4v) is 11.7. The highest BCUT2D eigenvalue weighted by Crippen LogP contribution is 2.69. The molecule has 3 N–H and O–H groups in total. The van der Waals surface area contributed by atoms with Crippen molar-refractivity contribution in [3.63, 3.8) is 0 Å². The van der Waals surface area contributed by atoms with E-state index in [1.807, 2.05) is 6.92 Å². The van der Waals surface area contributed by atoms with Crippen molar-refractivity contribution >= 4 is 31.2 Å². The van der Waals surface area contributed by atoms with E-state index in [9.17, 15) is 38.9 Å². The van der Waals surface area contributed by atoms with Crippen LogP contribution in [0.3, 0.4) is 0 Å². The summed E-state index contributed by atoms with van der Waals surface area (Å²) in [6.45, 7) is 15.7. The minimum Gasteiger partial charge on any atom is -0.264 e. The average molecular weight is 689 g/mol. The maximum absolute atomic E-state index is 12.1. The summed E-state index contributed by atoms with van der Waals surface area (Å²) in [6, 6.07) is 0. The van der Waals surface area contributed by atoms with Gasteiger partial charge in [-0.25, -0.2) is 12.5 Å². The molecule has 4 fully saturated rings. The molecule has 0 radical (unpaired) electrons. The van der Waals surface area contributed by atoms with Crippen LogP contribution in [0.1, 0.15) is 106 Å². The third kappa shape index (κ3) is 7.83. The monoisotopic (exact) mass is 688 g/mol. The van der Waals surface area contributed by atoms with E-state index in [-0.39, 0.29) is 41.4 Å². The highest BCUT2D eigenvalue weighted by atomic mass is 32.3. The van der Waals surface area contributed by atoms with Gasteiger partial charge in [0.2, 0.25) is 0 Å². The maximum Gasteiger partial charge on any atom is 0.397 e. The molecule has 10 unspecified atom stereocenters. The van der Waals surface area contributed by atoms with Crippen LogP contribution in [0.2, 0.25) is 0 Å². The van der Waals surface area contributed by atoms with E-state index < -0.39 is 60.8 Å². The van der Waals surface area contributed by atoms with Crippen molar-refractivity contribution in [1.82, 2.24) is 0 Å². The van der Waals surface area contributed by atoms with Gasteiger partial charge in [-0.3, -0.25) is 13.7 Å². The molecule has 4 saturated carbocycles. The summed E-state index contributed by atoms with van der Waals surface area (Å²) in [4.78, 5) is 0. The fraction of sp³-hybridized carbons (Fsp3) is 1.00. The molecule has 15 heteroatoms. The van der Waals surface area contributed by atoms with E-state index in [1.165, 1.54) is 0 Å². The zero-order valence-corrected chi connectivity index (χ0v) is 29.3. The van der Waals surface area contributed by atoms with Crippen LogP contribution in [0.15, 0.2) is 0 Å². The zero-order valence-electron chi connectivity index (χ0n) is 26.9. The Morgan fingerprint density at radius 3 is 1.77 bits per heavy atom. The highest BCUT2D eigenvalue weighted by Gasteiger charge is 2.65. The van der Waals surface area contributed by atoms with Crippen LogP contribution in [0.4, 0.5) is 0 Å². The van der Waals surface area contributed by atoms with Gasteiger partial charge in [0.25, 0.3) is 0 Å². The van der Waals surface area contributed by atoms with Crippen molar-refractivity contribution in [1.29, 1.82) is 0 Å². The molecule has 12 atom stereocenters. The topological polar surface area (TPSA) is 191 Å². The first-order chi connectivity index (χ1) is 19.8.